The molecule has 0 spiro atoms. The minimum Gasteiger partial charge on any atom is -0.331 e. The molecule has 0 aromatic carbocycles. The van der Waals surface area contributed by atoms with Crippen LogP contribution in [0.15, 0.2) is 23.5 Å². The van der Waals surface area contributed by atoms with Crippen molar-refractivity contribution in [3.63, 3.8) is 0 Å². The number of alkyl halides is 1. The van der Waals surface area contributed by atoms with Crippen molar-refractivity contribution in [1.29, 1.82) is 0 Å². The summed E-state index contributed by atoms with van der Waals surface area (Å²) < 4.78 is 1.91. The summed E-state index contributed by atoms with van der Waals surface area (Å²) in [7, 11) is 0. The number of rotatable bonds is 3. The van der Waals surface area contributed by atoms with Gasteiger partial charge in [-0.05, 0) is 0 Å². The maximum atomic E-state index is 10.8. The smallest absolute Gasteiger partial charge is 0.323 e. The van der Waals surface area contributed by atoms with Crippen LogP contribution >= 0.6 is 15.9 Å². The highest BCUT2D eigenvalue weighted by atomic mass is 79.9. The Labute approximate surface area is 88.3 Å². The predicted octanol–water partition coefficient (Wildman–Crippen LogP) is 0.843. The lowest BCUT2D eigenvalue weighted by molar-refractivity contribution is 0.776. The molecule has 2 aromatic rings. The zero-order valence-electron chi connectivity index (χ0n) is 7.33. The largest absolute Gasteiger partial charge is 0.331 e. The van der Waals surface area contributed by atoms with Crippen LogP contribution in [0.25, 0.3) is 0 Å². The van der Waals surface area contributed by atoms with Gasteiger partial charge in [-0.1, -0.05) is 15.9 Å². The lowest BCUT2D eigenvalue weighted by Crippen LogP contribution is -2.03. The van der Waals surface area contributed by atoms with Crippen LogP contribution in [0.2, 0.25) is 0 Å². The van der Waals surface area contributed by atoms with E-state index in [-0.39, 0.29) is 5.69 Å². The van der Waals surface area contributed by atoms with Gasteiger partial charge in [-0.15, -0.1) is 0 Å². The molecule has 0 bridgehead atoms. The monoisotopic (exact) mass is 256 g/mol. The second kappa shape index (κ2) is 3.83. The number of aromatic nitrogens is 4. The van der Waals surface area contributed by atoms with Crippen molar-refractivity contribution in [3.8, 4) is 0 Å². The number of nitrogens with zero attached hydrogens (tertiary/aromatic N) is 2. The summed E-state index contributed by atoms with van der Waals surface area (Å²) in [5.74, 6) is 0. The first kappa shape index (κ1) is 9.26. The van der Waals surface area contributed by atoms with E-state index >= 15 is 0 Å². The zero-order valence-corrected chi connectivity index (χ0v) is 8.91. The highest BCUT2D eigenvalue weighted by molar-refractivity contribution is 9.08. The van der Waals surface area contributed by atoms with Gasteiger partial charge in [0.25, 0.3) is 0 Å². The van der Waals surface area contributed by atoms with E-state index in [1.54, 1.807) is 12.5 Å². The molecule has 0 atom stereocenters. The summed E-state index contributed by atoms with van der Waals surface area (Å²) >= 11 is 3.32. The number of halogens is 1. The minimum absolute atomic E-state index is 0.180. The average molecular weight is 257 g/mol. The molecule has 2 heterocycles. The number of H-pyrrole nitrogens is 2. The lowest BCUT2D eigenvalue weighted by Gasteiger charge is -1.96. The molecule has 2 N–H and O–H groups in total. The molecule has 0 fully saturated rings. The first-order valence-electron chi connectivity index (χ1n) is 4.11. The summed E-state index contributed by atoms with van der Waals surface area (Å²) in [6.07, 6.45) is 5.33. The third kappa shape index (κ3) is 1.95. The van der Waals surface area contributed by atoms with E-state index in [0.29, 0.717) is 6.54 Å². The van der Waals surface area contributed by atoms with Crippen molar-refractivity contribution < 1.29 is 0 Å². The molecule has 5 nitrogen and oxygen atoms in total. The van der Waals surface area contributed by atoms with Gasteiger partial charge in [-0.25, -0.2) is 9.78 Å². The van der Waals surface area contributed by atoms with Gasteiger partial charge in [0.15, 0.2) is 0 Å². The molecule has 74 valence electrons. The van der Waals surface area contributed by atoms with Gasteiger partial charge in [-0.2, -0.15) is 0 Å². The van der Waals surface area contributed by atoms with Gasteiger partial charge < -0.3 is 14.5 Å². The summed E-state index contributed by atoms with van der Waals surface area (Å²) in [4.78, 5) is 20.2. The Kier molecular flexibility index (Phi) is 2.53. The molecule has 0 saturated heterocycles. The van der Waals surface area contributed by atoms with Crippen molar-refractivity contribution in [1.82, 2.24) is 19.5 Å². The number of imidazole rings is 2. The fourth-order valence-electron chi connectivity index (χ4n) is 1.21. The topological polar surface area (TPSA) is 66.5 Å². The summed E-state index contributed by atoms with van der Waals surface area (Å²) in [6, 6.07) is 0. The van der Waals surface area contributed by atoms with E-state index in [1.165, 1.54) is 0 Å². The van der Waals surface area contributed by atoms with E-state index in [4.69, 9.17) is 0 Å². The minimum atomic E-state index is -0.180. The Hall–Kier alpha value is -1.30. The fraction of sp³-hybridized carbons (Fsp3) is 0.250. The highest BCUT2D eigenvalue weighted by Crippen LogP contribution is 2.03. The van der Waals surface area contributed by atoms with Crippen LogP contribution in [0.3, 0.4) is 0 Å². The van der Waals surface area contributed by atoms with Gasteiger partial charge >= 0.3 is 5.69 Å². The second-order valence-corrected chi connectivity index (χ2v) is 3.50. The first-order chi connectivity index (χ1) is 6.78. The Balaban J connectivity index is 2.14. The molecule has 0 radical (unpaired) electrons. The number of hydrogen-bond acceptors (Lipinski definition) is 2. The number of hydrogen-bond donors (Lipinski definition) is 2. The standard InChI is InChI=1S/C8H9BrN4O/c9-1-6-3-13(5-11-6)4-7-2-10-8(14)12-7/h2-3,5H,1,4H2,(H2,10,12,14). The van der Waals surface area contributed by atoms with Crippen LogP contribution in [0.1, 0.15) is 11.4 Å². The Morgan fingerprint density at radius 3 is 3.00 bits per heavy atom. The summed E-state index contributed by atoms with van der Waals surface area (Å²) in [5, 5.41) is 0.740. The molecule has 0 amide bonds. The molecular weight excluding hydrogens is 248 g/mol. The third-order valence-electron chi connectivity index (χ3n) is 1.83. The lowest BCUT2D eigenvalue weighted by atomic mass is 10.4. The van der Waals surface area contributed by atoms with E-state index in [9.17, 15) is 4.79 Å². The normalized spacial score (nSPS) is 10.6. The molecule has 0 saturated carbocycles. The van der Waals surface area contributed by atoms with Gasteiger partial charge in [0.2, 0.25) is 0 Å². The molecule has 0 unspecified atom stereocenters. The Bertz CT molecular complexity index is 469. The van der Waals surface area contributed by atoms with Gasteiger partial charge in [0, 0.05) is 17.7 Å². The quantitative estimate of drug-likeness (QED) is 0.800. The van der Waals surface area contributed by atoms with Crippen LogP contribution in [0.4, 0.5) is 0 Å². The van der Waals surface area contributed by atoms with Crippen molar-refractivity contribution in [2.24, 2.45) is 0 Å². The SMILES string of the molecule is O=c1[nH]cc(Cn2cnc(CBr)c2)[nH]1. The number of aromatic amines is 2. The van der Waals surface area contributed by atoms with E-state index in [1.807, 2.05) is 10.8 Å². The Morgan fingerprint density at radius 1 is 1.57 bits per heavy atom. The highest BCUT2D eigenvalue weighted by Gasteiger charge is 1.99. The summed E-state index contributed by atoms with van der Waals surface area (Å²) in [5.41, 5.74) is 1.64. The molecule has 0 aliphatic heterocycles. The second-order valence-electron chi connectivity index (χ2n) is 2.94. The van der Waals surface area contributed by atoms with Gasteiger partial charge in [0.05, 0.1) is 24.3 Å². The number of nitrogens with one attached hydrogen (secondary N) is 2. The van der Waals surface area contributed by atoms with Crippen LogP contribution in [-0.2, 0) is 11.9 Å². The van der Waals surface area contributed by atoms with Crippen LogP contribution in [-0.4, -0.2) is 19.5 Å². The van der Waals surface area contributed by atoms with Crippen LogP contribution in [0.5, 0.6) is 0 Å². The van der Waals surface area contributed by atoms with E-state index < -0.39 is 0 Å². The molecule has 0 aliphatic rings. The molecule has 2 rings (SSSR count). The molecule has 6 heteroatoms. The maximum absolute atomic E-state index is 10.8. The van der Waals surface area contributed by atoms with Crippen molar-refractivity contribution >= 4 is 15.9 Å². The molecular formula is C8H9BrN4O. The molecule has 0 aliphatic carbocycles. The molecule has 2 aromatic heterocycles. The van der Waals surface area contributed by atoms with Crippen LogP contribution < -0.4 is 5.69 Å². The van der Waals surface area contributed by atoms with Crippen molar-refractivity contribution in [3.05, 3.63) is 40.6 Å². The first-order valence-corrected chi connectivity index (χ1v) is 5.23. The average Bonchev–Trinajstić information content (AvgIpc) is 2.76. The maximum Gasteiger partial charge on any atom is 0.323 e. The van der Waals surface area contributed by atoms with Gasteiger partial charge in [0.1, 0.15) is 0 Å². The van der Waals surface area contributed by atoms with Crippen molar-refractivity contribution in [2.75, 3.05) is 0 Å². The fourth-order valence-corrected chi connectivity index (χ4v) is 1.50. The predicted molar refractivity (Wildman–Crippen MR) is 55.4 cm³/mol. The Morgan fingerprint density at radius 2 is 2.43 bits per heavy atom. The molecule has 14 heavy (non-hydrogen) atoms. The van der Waals surface area contributed by atoms with Crippen LogP contribution in [0, 0.1) is 0 Å². The van der Waals surface area contributed by atoms with Gasteiger partial charge in [-0.3, -0.25) is 0 Å². The zero-order chi connectivity index (χ0) is 9.97. The van der Waals surface area contributed by atoms with E-state index in [0.717, 1.165) is 16.7 Å². The van der Waals surface area contributed by atoms with Crippen molar-refractivity contribution in [2.45, 2.75) is 11.9 Å². The van der Waals surface area contributed by atoms with E-state index in [2.05, 4.69) is 30.9 Å². The third-order valence-corrected chi connectivity index (χ3v) is 2.40. The summed E-state index contributed by atoms with van der Waals surface area (Å²) in [6.45, 7) is 0.624.